The molecule has 0 atom stereocenters. The lowest BCUT2D eigenvalue weighted by atomic mass is 10.1. The smallest absolute Gasteiger partial charge is 0.131 e. The van der Waals surface area contributed by atoms with Crippen LogP contribution < -0.4 is 10.1 Å². The van der Waals surface area contributed by atoms with Crippen molar-refractivity contribution in [3.8, 4) is 16.9 Å². The lowest BCUT2D eigenvalue weighted by Crippen LogP contribution is -2.20. The molecule has 0 aliphatic heterocycles. The molecule has 0 saturated carbocycles. The third-order valence-electron chi connectivity index (χ3n) is 4.60. The van der Waals surface area contributed by atoms with Crippen molar-refractivity contribution in [3.05, 3.63) is 84.1 Å². The zero-order chi connectivity index (χ0) is 19.3. The fourth-order valence-corrected chi connectivity index (χ4v) is 3.29. The van der Waals surface area contributed by atoms with E-state index in [9.17, 15) is 4.39 Å². The molecule has 4 aromatic rings. The number of fused-ring (bicyclic) bond motifs is 1. The van der Waals surface area contributed by atoms with Gasteiger partial charge in [-0.15, -0.1) is 0 Å². The Labute approximate surface area is 163 Å². The van der Waals surface area contributed by atoms with Crippen LogP contribution >= 0.6 is 0 Å². The zero-order valence-electron chi connectivity index (χ0n) is 15.7. The van der Waals surface area contributed by atoms with Gasteiger partial charge in [-0.2, -0.15) is 0 Å². The van der Waals surface area contributed by atoms with E-state index >= 15 is 0 Å². The van der Waals surface area contributed by atoms with E-state index in [1.54, 1.807) is 24.5 Å². The molecular weight excluding hydrogens is 353 g/mol. The fourth-order valence-electron chi connectivity index (χ4n) is 3.29. The highest BCUT2D eigenvalue weighted by molar-refractivity contribution is 5.86. The van der Waals surface area contributed by atoms with Crippen LogP contribution in [-0.2, 0) is 6.54 Å². The Morgan fingerprint density at radius 1 is 1.07 bits per heavy atom. The Kier molecular flexibility index (Phi) is 5.35. The van der Waals surface area contributed by atoms with Crippen molar-refractivity contribution >= 4 is 10.9 Å². The van der Waals surface area contributed by atoms with E-state index in [1.807, 2.05) is 37.3 Å². The summed E-state index contributed by atoms with van der Waals surface area (Å²) in [6.07, 6.45) is 3.48. The quantitative estimate of drug-likeness (QED) is 0.454. The van der Waals surface area contributed by atoms with Crippen molar-refractivity contribution in [3.63, 3.8) is 0 Å². The molecule has 0 fully saturated rings. The summed E-state index contributed by atoms with van der Waals surface area (Å²) in [5, 5.41) is 4.45. The van der Waals surface area contributed by atoms with Crippen molar-refractivity contribution in [2.24, 2.45) is 0 Å². The Bertz CT molecular complexity index is 1090. The van der Waals surface area contributed by atoms with E-state index in [0.717, 1.165) is 33.5 Å². The number of benzene rings is 2. The molecule has 0 spiro atoms. The number of pyridine rings is 1. The average Bonchev–Trinajstić information content (AvgIpc) is 3.09. The number of aromatic amines is 1. The van der Waals surface area contributed by atoms with Crippen molar-refractivity contribution in [2.45, 2.75) is 13.5 Å². The highest BCUT2D eigenvalue weighted by Crippen LogP contribution is 2.26. The van der Waals surface area contributed by atoms with E-state index in [0.29, 0.717) is 25.3 Å². The lowest BCUT2D eigenvalue weighted by Gasteiger charge is -2.09. The first-order valence-electron chi connectivity index (χ1n) is 9.31. The van der Waals surface area contributed by atoms with Crippen LogP contribution in [0.1, 0.15) is 11.3 Å². The molecular formula is C23H22FN3O. The van der Waals surface area contributed by atoms with Gasteiger partial charge in [-0.05, 0) is 42.8 Å². The van der Waals surface area contributed by atoms with Gasteiger partial charge in [-0.25, -0.2) is 4.39 Å². The van der Waals surface area contributed by atoms with Crippen LogP contribution in [0.5, 0.6) is 5.75 Å². The van der Waals surface area contributed by atoms with Crippen LogP contribution in [0.2, 0.25) is 0 Å². The van der Waals surface area contributed by atoms with Gasteiger partial charge in [0.25, 0.3) is 0 Å². The summed E-state index contributed by atoms with van der Waals surface area (Å²) in [6.45, 7) is 3.94. The first-order chi connectivity index (χ1) is 13.7. The van der Waals surface area contributed by atoms with Gasteiger partial charge in [0.05, 0.1) is 0 Å². The van der Waals surface area contributed by atoms with Crippen LogP contribution in [0.15, 0.2) is 67.0 Å². The topological polar surface area (TPSA) is 49.9 Å². The van der Waals surface area contributed by atoms with Gasteiger partial charge in [0, 0.05) is 53.2 Å². The number of nitrogens with one attached hydrogen (secondary N) is 2. The summed E-state index contributed by atoms with van der Waals surface area (Å²) in [4.78, 5) is 7.56. The molecule has 2 heterocycles. The summed E-state index contributed by atoms with van der Waals surface area (Å²) in [7, 11) is 0. The van der Waals surface area contributed by atoms with Gasteiger partial charge >= 0.3 is 0 Å². The number of hydrogen-bond donors (Lipinski definition) is 2. The van der Waals surface area contributed by atoms with E-state index < -0.39 is 0 Å². The number of rotatable bonds is 7. The number of ether oxygens (including phenoxy) is 1. The molecule has 0 unspecified atom stereocenters. The van der Waals surface area contributed by atoms with Crippen LogP contribution in [0.3, 0.4) is 0 Å². The number of H-pyrrole nitrogens is 1. The Morgan fingerprint density at radius 3 is 2.86 bits per heavy atom. The summed E-state index contributed by atoms with van der Waals surface area (Å²) in [5.41, 5.74) is 4.55. The van der Waals surface area contributed by atoms with Gasteiger partial charge in [-0.3, -0.25) is 4.98 Å². The number of aryl methyl sites for hydroxylation is 1. The third kappa shape index (κ3) is 4.05. The molecule has 0 amide bonds. The normalized spacial score (nSPS) is 11.1. The highest BCUT2D eigenvalue weighted by Gasteiger charge is 2.06. The molecule has 4 rings (SSSR count). The monoisotopic (exact) mass is 375 g/mol. The number of aromatic nitrogens is 2. The summed E-state index contributed by atoms with van der Waals surface area (Å²) in [5.74, 6) is 0.642. The molecule has 0 radical (unpaired) electrons. The van der Waals surface area contributed by atoms with Crippen LogP contribution in [-0.4, -0.2) is 23.1 Å². The molecule has 2 aromatic carbocycles. The summed E-state index contributed by atoms with van der Waals surface area (Å²) in [6, 6.07) is 16.8. The van der Waals surface area contributed by atoms with Gasteiger partial charge in [0.2, 0.25) is 0 Å². The van der Waals surface area contributed by atoms with Gasteiger partial charge in [0.15, 0.2) is 0 Å². The molecule has 4 nitrogen and oxygen atoms in total. The lowest BCUT2D eigenvalue weighted by molar-refractivity contribution is 0.317. The zero-order valence-corrected chi connectivity index (χ0v) is 15.7. The minimum atomic E-state index is -0.239. The predicted octanol–water partition coefficient (Wildman–Crippen LogP) is 4.85. The number of halogens is 1. The molecule has 2 N–H and O–H groups in total. The number of nitrogens with zero attached hydrogens (tertiary/aromatic N) is 1. The molecule has 28 heavy (non-hydrogen) atoms. The van der Waals surface area contributed by atoms with Gasteiger partial charge in [-0.1, -0.05) is 24.3 Å². The van der Waals surface area contributed by atoms with E-state index in [4.69, 9.17) is 4.74 Å². The first-order valence-corrected chi connectivity index (χ1v) is 9.31. The second kappa shape index (κ2) is 8.23. The molecule has 142 valence electrons. The molecule has 0 aliphatic rings. The average molecular weight is 375 g/mol. The van der Waals surface area contributed by atoms with Crippen LogP contribution in [0.4, 0.5) is 4.39 Å². The summed E-state index contributed by atoms with van der Waals surface area (Å²) >= 11 is 0. The molecule has 0 saturated heterocycles. The minimum absolute atomic E-state index is 0.239. The van der Waals surface area contributed by atoms with E-state index in [-0.39, 0.29) is 5.82 Å². The van der Waals surface area contributed by atoms with Crippen LogP contribution in [0, 0.1) is 12.7 Å². The highest BCUT2D eigenvalue weighted by atomic mass is 19.1. The second-order valence-electron chi connectivity index (χ2n) is 6.76. The Balaban J connectivity index is 1.32. The molecule has 5 heteroatoms. The maximum Gasteiger partial charge on any atom is 0.131 e. The molecule has 2 aromatic heterocycles. The maximum absolute atomic E-state index is 14.0. The molecule has 0 aliphatic carbocycles. The van der Waals surface area contributed by atoms with Crippen molar-refractivity contribution in [1.29, 1.82) is 0 Å². The Morgan fingerprint density at radius 2 is 1.96 bits per heavy atom. The third-order valence-corrected chi connectivity index (χ3v) is 4.60. The second-order valence-corrected chi connectivity index (χ2v) is 6.76. The Hall–Kier alpha value is -3.18. The van der Waals surface area contributed by atoms with Crippen molar-refractivity contribution < 1.29 is 9.13 Å². The minimum Gasteiger partial charge on any atom is -0.492 e. The van der Waals surface area contributed by atoms with Crippen molar-refractivity contribution in [2.75, 3.05) is 13.2 Å². The largest absolute Gasteiger partial charge is 0.492 e. The van der Waals surface area contributed by atoms with E-state index in [2.05, 4.69) is 21.4 Å². The fraction of sp³-hybridized carbons (Fsp3) is 0.174. The maximum atomic E-state index is 14.0. The van der Waals surface area contributed by atoms with Gasteiger partial charge < -0.3 is 15.0 Å². The van der Waals surface area contributed by atoms with E-state index in [1.165, 1.54) is 6.07 Å². The van der Waals surface area contributed by atoms with Crippen molar-refractivity contribution in [1.82, 2.24) is 15.3 Å². The summed E-state index contributed by atoms with van der Waals surface area (Å²) < 4.78 is 19.9. The standard InChI is InChI=1S/C23H22FN3O/c1-16-11-20-22(27-16)7-4-8-23(20)28-10-9-25-13-17-12-18(15-26-14-17)19-5-2-3-6-21(19)24/h2-8,11-12,14-15,25,27H,9-10,13H2,1H3. The van der Waals surface area contributed by atoms with Crippen LogP contribution in [0.25, 0.3) is 22.0 Å². The SMILES string of the molecule is Cc1cc2c(OCCNCc3cncc(-c4ccccc4F)c3)cccc2[nH]1. The number of hydrogen-bond acceptors (Lipinski definition) is 3. The van der Waals surface area contributed by atoms with Gasteiger partial charge in [0.1, 0.15) is 18.2 Å². The molecule has 0 bridgehead atoms. The first kappa shape index (κ1) is 18.2. The predicted molar refractivity (Wildman–Crippen MR) is 110 cm³/mol.